The molecular formula is C14H15N5O6S2. The van der Waals surface area contributed by atoms with Crippen molar-refractivity contribution in [1.82, 2.24) is 10.6 Å². The molecule has 4 amide bonds. The van der Waals surface area contributed by atoms with E-state index in [1.807, 2.05) is 0 Å². The fourth-order valence-electron chi connectivity index (χ4n) is 1.94. The molecule has 0 spiro atoms. The van der Waals surface area contributed by atoms with Gasteiger partial charge in [0.2, 0.25) is 21.8 Å². The van der Waals surface area contributed by atoms with Crippen LogP contribution in [0.1, 0.15) is 6.92 Å². The van der Waals surface area contributed by atoms with Gasteiger partial charge in [-0.1, -0.05) is 11.8 Å². The number of aliphatic imine (C=N–C) groups is 1. The number of hydrogen-bond acceptors (Lipinski definition) is 7. The summed E-state index contributed by atoms with van der Waals surface area (Å²) in [5, 5.41) is 11.9. The first kappa shape index (κ1) is 20.5. The Labute approximate surface area is 158 Å². The summed E-state index contributed by atoms with van der Waals surface area (Å²) in [5.74, 6) is -2.78. The molecule has 1 heterocycles. The number of anilines is 1. The Hall–Kier alpha value is -2.77. The molecule has 1 aliphatic heterocycles. The zero-order valence-corrected chi connectivity index (χ0v) is 15.5. The van der Waals surface area contributed by atoms with E-state index in [1.165, 1.54) is 24.3 Å². The first-order chi connectivity index (χ1) is 12.6. The highest BCUT2D eigenvalue weighted by Crippen LogP contribution is 2.14. The van der Waals surface area contributed by atoms with E-state index in [-0.39, 0.29) is 15.8 Å². The number of rotatable bonds is 5. The number of amides is 4. The molecule has 27 heavy (non-hydrogen) atoms. The van der Waals surface area contributed by atoms with Crippen molar-refractivity contribution >= 4 is 56.3 Å². The lowest BCUT2D eigenvalue weighted by Gasteiger charge is -2.19. The van der Waals surface area contributed by atoms with Crippen LogP contribution in [0.3, 0.4) is 0 Å². The third-order valence-corrected chi connectivity index (χ3v) is 4.91. The van der Waals surface area contributed by atoms with Crippen LogP contribution in [0.4, 0.5) is 5.69 Å². The van der Waals surface area contributed by atoms with Gasteiger partial charge in [0.25, 0.3) is 11.8 Å². The second-order valence-corrected chi connectivity index (χ2v) is 7.81. The van der Waals surface area contributed by atoms with Crippen LogP contribution in [0.5, 0.6) is 0 Å². The summed E-state index contributed by atoms with van der Waals surface area (Å²) in [5.41, 5.74) is 0.337. The van der Waals surface area contributed by atoms with Gasteiger partial charge in [-0.3, -0.25) is 19.2 Å². The number of benzene rings is 1. The molecule has 13 heteroatoms. The number of thioether (sulfide) groups is 1. The summed E-state index contributed by atoms with van der Waals surface area (Å²) in [4.78, 5) is 50.0. The van der Waals surface area contributed by atoms with Crippen LogP contribution in [0.2, 0.25) is 0 Å². The summed E-state index contributed by atoms with van der Waals surface area (Å²) in [6.45, 7) is 1.16. The van der Waals surface area contributed by atoms with Crippen LogP contribution in [-0.2, 0) is 29.2 Å². The van der Waals surface area contributed by atoms with Crippen molar-refractivity contribution in [2.45, 2.75) is 17.9 Å². The van der Waals surface area contributed by atoms with E-state index in [0.717, 1.165) is 18.7 Å². The number of sulfonamides is 1. The highest BCUT2D eigenvalue weighted by molar-refractivity contribution is 8.14. The lowest BCUT2D eigenvalue weighted by atomic mass is 10.2. The zero-order valence-electron chi connectivity index (χ0n) is 13.9. The Morgan fingerprint density at radius 1 is 1.26 bits per heavy atom. The molecule has 0 aliphatic carbocycles. The SMILES string of the molecule is CC(=O)NC1C(=O)N=C(SCC(=O)Nc2ccc(S(N)(=O)=O)cc2)NC1=O. The van der Waals surface area contributed by atoms with Gasteiger partial charge in [-0.15, -0.1) is 0 Å². The van der Waals surface area contributed by atoms with Crippen molar-refractivity contribution in [2.24, 2.45) is 10.1 Å². The average molecular weight is 413 g/mol. The summed E-state index contributed by atoms with van der Waals surface area (Å²) in [7, 11) is -3.83. The maximum Gasteiger partial charge on any atom is 0.280 e. The number of amidine groups is 1. The molecule has 1 aromatic rings. The quantitative estimate of drug-likeness (QED) is 0.425. The van der Waals surface area contributed by atoms with Gasteiger partial charge in [-0.05, 0) is 24.3 Å². The molecule has 1 unspecified atom stereocenters. The second-order valence-electron chi connectivity index (χ2n) is 5.28. The maximum absolute atomic E-state index is 11.9. The third-order valence-electron chi connectivity index (χ3n) is 3.11. The van der Waals surface area contributed by atoms with Crippen LogP contribution in [0.25, 0.3) is 0 Å². The zero-order chi connectivity index (χ0) is 20.2. The Kier molecular flexibility index (Phi) is 6.30. The number of carbonyl (C=O) groups is 4. The molecule has 0 aromatic heterocycles. The molecule has 2 rings (SSSR count). The molecule has 0 fully saturated rings. The van der Waals surface area contributed by atoms with Crippen molar-refractivity contribution < 1.29 is 27.6 Å². The minimum atomic E-state index is -3.83. The van der Waals surface area contributed by atoms with Crippen molar-refractivity contribution in [3.8, 4) is 0 Å². The Bertz CT molecular complexity index is 926. The number of nitrogens with two attached hydrogens (primary N) is 1. The van der Waals surface area contributed by atoms with Crippen molar-refractivity contribution in [3.63, 3.8) is 0 Å². The highest BCUT2D eigenvalue weighted by Gasteiger charge is 2.32. The largest absolute Gasteiger partial charge is 0.337 e. The monoisotopic (exact) mass is 413 g/mol. The van der Waals surface area contributed by atoms with E-state index in [1.54, 1.807) is 0 Å². The summed E-state index contributed by atoms with van der Waals surface area (Å²) in [6, 6.07) is 3.82. The molecule has 5 N–H and O–H groups in total. The standard InChI is InChI=1S/C14H15N5O6S2/c1-7(20)16-11-12(22)18-14(19-13(11)23)26-6-10(21)17-8-2-4-9(5-3-8)27(15,24)25/h2-5,11H,6H2,1H3,(H,16,20)(H,17,21)(H2,15,24,25)(H,18,19,22,23). The molecule has 1 aromatic carbocycles. The molecule has 1 aliphatic rings. The fraction of sp³-hybridized carbons (Fsp3) is 0.214. The smallest absolute Gasteiger partial charge is 0.280 e. The number of primary sulfonamides is 1. The van der Waals surface area contributed by atoms with Crippen molar-refractivity contribution in [2.75, 3.05) is 11.1 Å². The van der Waals surface area contributed by atoms with E-state index < -0.39 is 39.7 Å². The Balaban J connectivity index is 1.91. The van der Waals surface area contributed by atoms with E-state index in [0.29, 0.717) is 5.69 Å². The molecule has 0 saturated heterocycles. The molecule has 11 nitrogen and oxygen atoms in total. The van der Waals surface area contributed by atoms with Gasteiger partial charge in [-0.25, -0.2) is 13.6 Å². The first-order valence-corrected chi connectivity index (χ1v) is 9.85. The molecule has 0 saturated carbocycles. The van der Waals surface area contributed by atoms with E-state index in [9.17, 15) is 27.6 Å². The Morgan fingerprint density at radius 2 is 1.89 bits per heavy atom. The van der Waals surface area contributed by atoms with Gasteiger partial charge >= 0.3 is 0 Å². The van der Waals surface area contributed by atoms with Gasteiger partial charge in [0.05, 0.1) is 10.6 Å². The third kappa shape index (κ3) is 5.87. The molecule has 0 radical (unpaired) electrons. The molecule has 0 bridgehead atoms. The average Bonchev–Trinajstić information content (AvgIpc) is 2.56. The number of nitrogens with zero attached hydrogens (tertiary/aromatic N) is 1. The molecule has 1 atom stereocenters. The minimum Gasteiger partial charge on any atom is -0.337 e. The summed E-state index contributed by atoms with van der Waals surface area (Å²) in [6.07, 6.45) is 0. The lowest BCUT2D eigenvalue weighted by Crippen LogP contribution is -2.54. The van der Waals surface area contributed by atoms with Gasteiger partial charge in [-0.2, -0.15) is 4.99 Å². The Morgan fingerprint density at radius 3 is 2.41 bits per heavy atom. The molecule has 144 valence electrons. The van der Waals surface area contributed by atoms with E-state index in [4.69, 9.17) is 5.14 Å². The predicted octanol–water partition coefficient (Wildman–Crippen LogP) is -1.48. The predicted molar refractivity (Wildman–Crippen MR) is 97.1 cm³/mol. The van der Waals surface area contributed by atoms with Gasteiger partial charge in [0, 0.05) is 12.6 Å². The first-order valence-electron chi connectivity index (χ1n) is 7.32. The number of hydrogen-bond donors (Lipinski definition) is 4. The van der Waals surface area contributed by atoms with Gasteiger partial charge in [0.1, 0.15) is 0 Å². The summed E-state index contributed by atoms with van der Waals surface area (Å²) < 4.78 is 22.3. The number of nitrogens with one attached hydrogen (secondary N) is 3. The highest BCUT2D eigenvalue weighted by atomic mass is 32.2. The van der Waals surface area contributed by atoms with Crippen LogP contribution >= 0.6 is 11.8 Å². The van der Waals surface area contributed by atoms with E-state index in [2.05, 4.69) is 20.9 Å². The fourth-order valence-corrected chi connectivity index (χ4v) is 3.12. The van der Waals surface area contributed by atoms with Crippen LogP contribution in [0.15, 0.2) is 34.2 Å². The summed E-state index contributed by atoms with van der Waals surface area (Å²) >= 11 is 0.817. The normalized spacial score (nSPS) is 17.0. The van der Waals surface area contributed by atoms with Crippen molar-refractivity contribution in [1.29, 1.82) is 0 Å². The maximum atomic E-state index is 11.9. The van der Waals surface area contributed by atoms with Crippen LogP contribution < -0.4 is 21.1 Å². The van der Waals surface area contributed by atoms with Crippen LogP contribution in [0, 0.1) is 0 Å². The topological polar surface area (TPSA) is 177 Å². The lowest BCUT2D eigenvalue weighted by molar-refractivity contribution is -0.134. The van der Waals surface area contributed by atoms with Crippen molar-refractivity contribution in [3.05, 3.63) is 24.3 Å². The van der Waals surface area contributed by atoms with E-state index >= 15 is 0 Å². The minimum absolute atomic E-state index is 0.0636. The number of carbonyl (C=O) groups excluding carboxylic acids is 4. The second kappa shape index (κ2) is 8.28. The van der Waals surface area contributed by atoms with Gasteiger partial charge < -0.3 is 16.0 Å². The van der Waals surface area contributed by atoms with Gasteiger partial charge in [0.15, 0.2) is 11.2 Å². The molecular weight excluding hydrogens is 398 g/mol. The van der Waals surface area contributed by atoms with Crippen LogP contribution in [-0.4, -0.2) is 49.0 Å².